The summed E-state index contributed by atoms with van der Waals surface area (Å²) in [6.07, 6.45) is 4.81. The summed E-state index contributed by atoms with van der Waals surface area (Å²) in [5.41, 5.74) is -0.632. The topological polar surface area (TPSA) is 67.3 Å². The molecule has 1 aliphatic heterocycles. The third kappa shape index (κ3) is 3.23. The number of ether oxygens (including phenoxy) is 1. The molecule has 2 N–H and O–H groups in total. The molecular formula is C11H17N3O2. The first-order valence-electron chi connectivity index (χ1n) is 5.55. The van der Waals surface area contributed by atoms with Crippen LogP contribution in [0.4, 0.5) is 0 Å². The van der Waals surface area contributed by atoms with Crippen molar-refractivity contribution in [1.29, 1.82) is 0 Å². The molecular weight excluding hydrogens is 206 g/mol. The Balaban J connectivity index is 1.75. The van der Waals surface area contributed by atoms with Crippen molar-refractivity contribution in [2.24, 2.45) is 0 Å². The number of aromatic nitrogens is 2. The summed E-state index contributed by atoms with van der Waals surface area (Å²) < 4.78 is 5.22. The summed E-state index contributed by atoms with van der Waals surface area (Å²) in [5, 5.41) is 13.3. The molecule has 16 heavy (non-hydrogen) atoms. The molecule has 1 saturated heterocycles. The second-order valence-corrected chi connectivity index (χ2v) is 4.11. The molecule has 0 aliphatic carbocycles. The van der Waals surface area contributed by atoms with Crippen molar-refractivity contribution in [3.8, 4) is 0 Å². The molecule has 0 bridgehead atoms. The first kappa shape index (κ1) is 11.4. The van der Waals surface area contributed by atoms with E-state index in [0.29, 0.717) is 39.1 Å². The average Bonchev–Trinajstić information content (AvgIpc) is 2.31. The van der Waals surface area contributed by atoms with Crippen LogP contribution >= 0.6 is 0 Å². The van der Waals surface area contributed by atoms with E-state index in [1.165, 1.54) is 0 Å². The number of aliphatic hydroxyl groups is 1. The van der Waals surface area contributed by atoms with Crippen LogP contribution in [0.3, 0.4) is 0 Å². The third-order valence-electron chi connectivity index (χ3n) is 2.78. The number of rotatable bonds is 4. The fraction of sp³-hybridized carbons (Fsp3) is 0.636. The number of nitrogens with one attached hydrogen (secondary N) is 1. The fourth-order valence-electron chi connectivity index (χ4n) is 1.76. The van der Waals surface area contributed by atoms with Crippen molar-refractivity contribution >= 4 is 0 Å². The zero-order valence-corrected chi connectivity index (χ0v) is 9.22. The van der Waals surface area contributed by atoms with Gasteiger partial charge in [-0.3, -0.25) is 0 Å². The molecule has 0 aromatic carbocycles. The zero-order chi connectivity index (χ0) is 11.3. The summed E-state index contributed by atoms with van der Waals surface area (Å²) in [4.78, 5) is 8.21. The van der Waals surface area contributed by atoms with Crippen molar-refractivity contribution < 1.29 is 9.84 Å². The Morgan fingerprint density at radius 3 is 2.69 bits per heavy atom. The van der Waals surface area contributed by atoms with Crippen molar-refractivity contribution in [3.63, 3.8) is 0 Å². The molecule has 5 heteroatoms. The Bertz CT molecular complexity index is 312. The second-order valence-electron chi connectivity index (χ2n) is 4.11. The van der Waals surface area contributed by atoms with Crippen molar-refractivity contribution in [2.75, 3.05) is 19.8 Å². The first-order chi connectivity index (χ1) is 7.79. The minimum atomic E-state index is -0.632. The van der Waals surface area contributed by atoms with Gasteiger partial charge in [-0.2, -0.15) is 0 Å². The largest absolute Gasteiger partial charge is 0.388 e. The normalized spacial score (nSPS) is 19.6. The summed E-state index contributed by atoms with van der Waals surface area (Å²) >= 11 is 0. The average molecular weight is 223 g/mol. The van der Waals surface area contributed by atoms with Crippen LogP contribution in [0.5, 0.6) is 0 Å². The molecule has 1 aliphatic rings. The molecule has 0 unspecified atom stereocenters. The first-order valence-corrected chi connectivity index (χ1v) is 5.55. The Labute approximate surface area is 94.9 Å². The summed E-state index contributed by atoms with van der Waals surface area (Å²) in [5.74, 6) is 0.748. The van der Waals surface area contributed by atoms with Gasteiger partial charge in [-0.1, -0.05) is 0 Å². The molecule has 5 nitrogen and oxygen atoms in total. The number of hydrogen-bond donors (Lipinski definition) is 2. The maximum absolute atomic E-state index is 10.2. The van der Waals surface area contributed by atoms with Gasteiger partial charge in [0.1, 0.15) is 5.82 Å². The van der Waals surface area contributed by atoms with Gasteiger partial charge in [-0.05, 0) is 6.07 Å². The van der Waals surface area contributed by atoms with Crippen LogP contribution in [0, 0.1) is 0 Å². The molecule has 2 heterocycles. The van der Waals surface area contributed by atoms with E-state index in [0.717, 1.165) is 5.82 Å². The molecule has 88 valence electrons. The van der Waals surface area contributed by atoms with Crippen LogP contribution in [-0.4, -0.2) is 40.4 Å². The Morgan fingerprint density at radius 2 is 2.00 bits per heavy atom. The molecule has 0 atom stereocenters. The lowest BCUT2D eigenvalue weighted by Crippen LogP contribution is -2.44. The smallest absolute Gasteiger partial charge is 0.141 e. The van der Waals surface area contributed by atoms with E-state index in [4.69, 9.17) is 4.74 Å². The Morgan fingerprint density at radius 1 is 1.31 bits per heavy atom. The van der Waals surface area contributed by atoms with Crippen molar-refractivity contribution in [2.45, 2.75) is 25.0 Å². The van der Waals surface area contributed by atoms with Gasteiger partial charge < -0.3 is 15.2 Å². The van der Waals surface area contributed by atoms with Crippen LogP contribution < -0.4 is 5.32 Å². The van der Waals surface area contributed by atoms with Gasteiger partial charge in [0.2, 0.25) is 0 Å². The molecule has 0 saturated carbocycles. The van der Waals surface area contributed by atoms with E-state index in [9.17, 15) is 5.11 Å². The maximum Gasteiger partial charge on any atom is 0.141 e. The standard InChI is InChI=1S/C11H17N3O2/c15-11(2-6-16-7-3-11)9-12-8-10-13-4-1-5-14-10/h1,4-5,12,15H,2-3,6-9H2. The van der Waals surface area contributed by atoms with Crippen LogP contribution in [0.15, 0.2) is 18.5 Å². The van der Waals surface area contributed by atoms with Gasteiger partial charge >= 0.3 is 0 Å². The van der Waals surface area contributed by atoms with E-state index < -0.39 is 5.60 Å². The van der Waals surface area contributed by atoms with E-state index >= 15 is 0 Å². The minimum absolute atomic E-state index is 0.564. The predicted molar refractivity (Wildman–Crippen MR) is 58.7 cm³/mol. The molecule has 1 aromatic heterocycles. The van der Waals surface area contributed by atoms with E-state index in [1.807, 2.05) is 0 Å². The van der Waals surface area contributed by atoms with Gasteiger partial charge in [0.15, 0.2) is 0 Å². The van der Waals surface area contributed by atoms with Crippen molar-refractivity contribution in [3.05, 3.63) is 24.3 Å². The second kappa shape index (κ2) is 5.34. The molecule has 0 amide bonds. The van der Waals surface area contributed by atoms with Crippen LogP contribution in [0.1, 0.15) is 18.7 Å². The van der Waals surface area contributed by atoms with Crippen molar-refractivity contribution in [1.82, 2.24) is 15.3 Å². The molecule has 0 radical (unpaired) electrons. The SMILES string of the molecule is OC1(CNCc2ncccn2)CCOCC1. The van der Waals surface area contributed by atoms with Crippen LogP contribution in [0.25, 0.3) is 0 Å². The third-order valence-corrected chi connectivity index (χ3v) is 2.78. The molecule has 2 rings (SSSR count). The Hall–Kier alpha value is -1.04. The zero-order valence-electron chi connectivity index (χ0n) is 9.22. The predicted octanol–water partition coefficient (Wildman–Crippen LogP) is 0.108. The van der Waals surface area contributed by atoms with E-state index in [2.05, 4.69) is 15.3 Å². The number of hydrogen-bond acceptors (Lipinski definition) is 5. The highest BCUT2D eigenvalue weighted by molar-refractivity contribution is 4.89. The van der Waals surface area contributed by atoms with Gasteiger partial charge in [0, 0.05) is 45.0 Å². The van der Waals surface area contributed by atoms with Crippen LogP contribution in [0.2, 0.25) is 0 Å². The Kier molecular flexibility index (Phi) is 3.82. The lowest BCUT2D eigenvalue weighted by atomic mass is 9.94. The highest BCUT2D eigenvalue weighted by Gasteiger charge is 2.29. The quantitative estimate of drug-likeness (QED) is 0.758. The fourth-order valence-corrected chi connectivity index (χ4v) is 1.76. The van der Waals surface area contributed by atoms with Gasteiger partial charge in [0.05, 0.1) is 12.1 Å². The molecule has 1 aromatic rings. The minimum Gasteiger partial charge on any atom is -0.388 e. The highest BCUT2D eigenvalue weighted by Crippen LogP contribution is 2.19. The summed E-state index contributed by atoms with van der Waals surface area (Å²) in [6, 6.07) is 1.79. The van der Waals surface area contributed by atoms with Gasteiger partial charge in [-0.15, -0.1) is 0 Å². The van der Waals surface area contributed by atoms with E-state index in [-0.39, 0.29) is 0 Å². The lowest BCUT2D eigenvalue weighted by molar-refractivity contribution is -0.0617. The number of nitrogens with zero attached hydrogens (tertiary/aromatic N) is 2. The van der Waals surface area contributed by atoms with Crippen LogP contribution in [-0.2, 0) is 11.3 Å². The highest BCUT2D eigenvalue weighted by atomic mass is 16.5. The molecule has 1 fully saturated rings. The maximum atomic E-state index is 10.2. The van der Waals surface area contributed by atoms with E-state index in [1.54, 1.807) is 18.5 Å². The summed E-state index contributed by atoms with van der Waals surface area (Å²) in [6.45, 7) is 2.43. The molecule has 0 spiro atoms. The summed E-state index contributed by atoms with van der Waals surface area (Å²) in [7, 11) is 0. The van der Waals surface area contributed by atoms with Gasteiger partial charge in [0.25, 0.3) is 0 Å². The monoisotopic (exact) mass is 223 g/mol. The van der Waals surface area contributed by atoms with Gasteiger partial charge in [-0.25, -0.2) is 9.97 Å². The lowest BCUT2D eigenvalue weighted by Gasteiger charge is -2.32.